The van der Waals surface area contributed by atoms with E-state index in [1.165, 1.54) is 0 Å². The van der Waals surface area contributed by atoms with E-state index >= 15 is 0 Å². The van der Waals surface area contributed by atoms with Crippen LogP contribution in [-0.2, 0) is 16.1 Å². The first-order chi connectivity index (χ1) is 11.9. The van der Waals surface area contributed by atoms with Crippen molar-refractivity contribution in [3.63, 3.8) is 0 Å². The van der Waals surface area contributed by atoms with Crippen LogP contribution in [0.25, 0.3) is 0 Å². The average Bonchev–Trinajstić information content (AvgIpc) is 3.06. The largest absolute Gasteiger partial charge is 0.346 e. The summed E-state index contributed by atoms with van der Waals surface area (Å²) in [5.74, 6) is -5.65. The monoisotopic (exact) mass is 371 g/mol. The number of amides is 2. The summed E-state index contributed by atoms with van der Waals surface area (Å²) in [6, 6.07) is 5.47. The molecule has 2 rings (SSSR count). The van der Waals surface area contributed by atoms with Gasteiger partial charge in [-0.2, -0.15) is 0 Å². The van der Waals surface area contributed by atoms with Gasteiger partial charge >= 0.3 is 0 Å². The Bertz CT molecular complexity index is 753. The first kappa shape index (κ1) is 18.9. The smallest absolute Gasteiger partial charge is 0.243 e. The van der Waals surface area contributed by atoms with E-state index in [1.54, 1.807) is 23.3 Å². The highest BCUT2D eigenvalue weighted by Crippen LogP contribution is 2.19. The summed E-state index contributed by atoms with van der Waals surface area (Å²) in [6.07, 6.45) is 0. The molecule has 0 aliphatic carbocycles. The maximum Gasteiger partial charge on any atom is 0.243 e. The fraction of sp³-hybridized carbons (Fsp3) is 0.250. The molecule has 1 heterocycles. The lowest BCUT2D eigenvalue weighted by atomic mass is 10.2. The van der Waals surface area contributed by atoms with Crippen LogP contribution in [0.2, 0.25) is 0 Å². The van der Waals surface area contributed by atoms with E-state index in [0.29, 0.717) is 12.6 Å². The normalized spacial score (nSPS) is 10.8. The number of halogens is 3. The average molecular weight is 371 g/mol. The molecule has 1 aromatic heterocycles. The zero-order chi connectivity index (χ0) is 18.4. The van der Waals surface area contributed by atoms with Crippen LogP contribution >= 0.6 is 11.3 Å². The summed E-state index contributed by atoms with van der Waals surface area (Å²) >= 11 is 1.57. The number of anilines is 1. The fourth-order valence-electron chi connectivity index (χ4n) is 2.02. The highest BCUT2D eigenvalue weighted by molar-refractivity contribution is 7.09. The van der Waals surface area contributed by atoms with Crippen LogP contribution in [0.4, 0.5) is 18.9 Å². The van der Waals surface area contributed by atoms with Crippen molar-refractivity contribution < 1.29 is 22.8 Å². The third kappa shape index (κ3) is 5.57. The third-order valence-corrected chi connectivity index (χ3v) is 4.04. The van der Waals surface area contributed by atoms with Crippen molar-refractivity contribution in [2.45, 2.75) is 6.54 Å². The summed E-state index contributed by atoms with van der Waals surface area (Å²) in [4.78, 5) is 26.3. The quantitative estimate of drug-likeness (QED) is 0.735. The highest BCUT2D eigenvalue weighted by atomic mass is 32.1. The second-order valence-electron chi connectivity index (χ2n) is 5.30. The van der Waals surface area contributed by atoms with E-state index < -0.39 is 35.6 Å². The Labute approximate surface area is 146 Å². The second-order valence-corrected chi connectivity index (χ2v) is 6.33. The summed E-state index contributed by atoms with van der Waals surface area (Å²) in [5.41, 5.74) is -0.493. The molecule has 134 valence electrons. The van der Waals surface area contributed by atoms with E-state index in [-0.39, 0.29) is 12.5 Å². The van der Waals surface area contributed by atoms with Gasteiger partial charge in [0.15, 0.2) is 17.5 Å². The number of nitrogens with one attached hydrogen (secondary N) is 2. The minimum atomic E-state index is -1.67. The van der Waals surface area contributed by atoms with Crippen molar-refractivity contribution in [2.24, 2.45) is 0 Å². The first-order valence-corrected chi connectivity index (χ1v) is 8.15. The van der Waals surface area contributed by atoms with Crippen molar-refractivity contribution >= 4 is 28.8 Å². The zero-order valence-corrected chi connectivity index (χ0v) is 14.1. The van der Waals surface area contributed by atoms with Crippen molar-refractivity contribution in [3.05, 3.63) is 52.0 Å². The maximum atomic E-state index is 13.5. The Morgan fingerprint density at radius 2 is 1.88 bits per heavy atom. The molecule has 0 unspecified atom stereocenters. The van der Waals surface area contributed by atoms with Gasteiger partial charge in [-0.1, -0.05) is 6.07 Å². The molecule has 5 nitrogen and oxygen atoms in total. The SMILES string of the molecule is CN(CC(=O)NCC(=O)Nc1ccc(F)c(F)c1F)Cc1cccs1. The molecule has 0 bridgehead atoms. The molecular weight excluding hydrogens is 355 g/mol. The summed E-state index contributed by atoms with van der Waals surface area (Å²) in [6.45, 7) is 0.256. The van der Waals surface area contributed by atoms with Crippen LogP contribution in [0, 0.1) is 17.5 Å². The van der Waals surface area contributed by atoms with E-state index in [0.717, 1.165) is 10.9 Å². The lowest BCUT2D eigenvalue weighted by molar-refractivity contribution is -0.124. The van der Waals surface area contributed by atoms with E-state index in [1.807, 2.05) is 17.5 Å². The number of hydrogen-bond donors (Lipinski definition) is 2. The van der Waals surface area contributed by atoms with Gasteiger partial charge in [0.2, 0.25) is 11.8 Å². The summed E-state index contributed by atoms with van der Waals surface area (Å²) < 4.78 is 39.3. The predicted molar refractivity (Wildman–Crippen MR) is 88.6 cm³/mol. The molecule has 25 heavy (non-hydrogen) atoms. The minimum absolute atomic E-state index is 0.0741. The highest BCUT2D eigenvalue weighted by Gasteiger charge is 2.16. The molecule has 0 saturated heterocycles. The number of carbonyl (C=O) groups is 2. The van der Waals surface area contributed by atoms with Gasteiger partial charge in [-0.25, -0.2) is 13.2 Å². The van der Waals surface area contributed by atoms with Crippen LogP contribution in [0.3, 0.4) is 0 Å². The Balaban J connectivity index is 1.77. The van der Waals surface area contributed by atoms with Crippen molar-refractivity contribution in [1.82, 2.24) is 10.2 Å². The molecular formula is C16H16F3N3O2S. The van der Waals surface area contributed by atoms with Gasteiger partial charge in [0.25, 0.3) is 0 Å². The van der Waals surface area contributed by atoms with Gasteiger partial charge in [0, 0.05) is 11.4 Å². The lowest BCUT2D eigenvalue weighted by Gasteiger charge is -2.15. The van der Waals surface area contributed by atoms with Gasteiger partial charge < -0.3 is 10.6 Å². The number of hydrogen-bond acceptors (Lipinski definition) is 4. The second kappa shape index (κ2) is 8.63. The van der Waals surface area contributed by atoms with Crippen LogP contribution < -0.4 is 10.6 Å². The molecule has 2 N–H and O–H groups in total. The number of carbonyl (C=O) groups excluding carboxylic acids is 2. The molecule has 0 spiro atoms. The van der Waals surface area contributed by atoms with Gasteiger partial charge in [0.05, 0.1) is 18.8 Å². The lowest BCUT2D eigenvalue weighted by Crippen LogP contribution is -2.39. The van der Waals surface area contributed by atoms with Gasteiger partial charge in [-0.15, -0.1) is 11.3 Å². The Morgan fingerprint density at radius 1 is 1.12 bits per heavy atom. The Morgan fingerprint density at radius 3 is 2.56 bits per heavy atom. The maximum absolute atomic E-state index is 13.5. The first-order valence-electron chi connectivity index (χ1n) is 7.27. The van der Waals surface area contributed by atoms with E-state index in [9.17, 15) is 22.8 Å². The number of likely N-dealkylation sites (N-methyl/N-ethyl adjacent to an activating group) is 1. The number of benzene rings is 1. The van der Waals surface area contributed by atoms with Gasteiger partial charge in [0.1, 0.15) is 0 Å². The molecule has 0 saturated carbocycles. The molecule has 2 aromatic rings. The van der Waals surface area contributed by atoms with Crippen molar-refractivity contribution in [1.29, 1.82) is 0 Å². The third-order valence-electron chi connectivity index (χ3n) is 3.17. The zero-order valence-electron chi connectivity index (χ0n) is 13.3. The predicted octanol–water partition coefficient (Wildman–Crippen LogP) is 2.35. The van der Waals surface area contributed by atoms with Crippen LogP contribution in [0.15, 0.2) is 29.6 Å². The summed E-state index contributed by atoms with van der Waals surface area (Å²) in [5, 5.41) is 6.39. The number of nitrogens with zero attached hydrogens (tertiary/aromatic N) is 1. The van der Waals surface area contributed by atoms with Crippen molar-refractivity contribution in [3.8, 4) is 0 Å². The molecule has 0 fully saturated rings. The fourth-order valence-corrected chi connectivity index (χ4v) is 2.81. The van der Waals surface area contributed by atoms with E-state index in [2.05, 4.69) is 10.6 Å². The molecule has 0 aliphatic rings. The number of thiophene rings is 1. The Hall–Kier alpha value is -2.39. The topological polar surface area (TPSA) is 61.4 Å². The molecule has 1 aromatic carbocycles. The molecule has 2 amide bonds. The van der Waals surface area contributed by atoms with E-state index in [4.69, 9.17) is 0 Å². The van der Waals surface area contributed by atoms with Crippen LogP contribution in [-0.4, -0.2) is 36.9 Å². The molecule has 9 heteroatoms. The van der Waals surface area contributed by atoms with Gasteiger partial charge in [-0.3, -0.25) is 14.5 Å². The van der Waals surface area contributed by atoms with Crippen LogP contribution in [0.5, 0.6) is 0 Å². The molecule has 0 atom stereocenters. The molecule has 0 radical (unpaired) electrons. The molecule has 0 aliphatic heterocycles. The van der Waals surface area contributed by atoms with Gasteiger partial charge in [-0.05, 0) is 30.6 Å². The number of rotatable bonds is 7. The minimum Gasteiger partial charge on any atom is -0.346 e. The summed E-state index contributed by atoms with van der Waals surface area (Å²) in [7, 11) is 1.76. The van der Waals surface area contributed by atoms with Crippen LogP contribution in [0.1, 0.15) is 4.88 Å². The van der Waals surface area contributed by atoms with Crippen molar-refractivity contribution in [2.75, 3.05) is 25.5 Å². The standard InChI is InChI=1S/C16H16F3N3O2S/c1-22(8-10-3-2-6-25-10)9-14(24)20-7-13(23)21-12-5-4-11(17)15(18)16(12)19/h2-6H,7-9H2,1H3,(H,20,24)(H,21,23). The Kier molecular flexibility index (Phi) is 6.54.